The van der Waals surface area contributed by atoms with Gasteiger partial charge in [-0.2, -0.15) is 38.4 Å². The maximum Gasteiger partial charge on any atom is 0.523 e. The first kappa shape index (κ1) is 24.4. The molecule has 31 heavy (non-hydrogen) atoms. The van der Waals surface area contributed by atoms with Crippen molar-refractivity contribution in [2.75, 3.05) is 0 Å². The number of fused-ring (bicyclic) bond motifs is 1. The van der Waals surface area contributed by atoms with Crippen LogP contribution < -0.4 is 0 Å². The Morgan fingerprint density at radius 2 is 1.55 bits per heavy atom. The highest BCUT2D eigenvalue weighted by molar-refractivity contribution is 8.37. The van der Waals surface area contributed by atoms with Crippen molar-refractivity contribution in [1.82, 2.24) is 0 Å². The number of hydrogen-bond acceptors (Lipinski definition) is 3. The predicted octanol–water partition coefficient (Wildman–Crippen LogP) is 7.38. The summed E-state index contributed by atoms with van der Waals surface area (Å²) >= 11 is 0. The summed E-state index contributed by atoms with van der Waals surface area (Å²) in [5.41, 5.74) is -11.4. The molecule has 0 N–H and O–H groups in total. The first-order valence-electron chi connectivity index (χ1n) is 9.79. The molecular formula is C20H24F6O3S2. The van der Waals surface area contributed by atoms with Crippen molar-refractivity contribution in [3.8, 4) is 0 Å². The quantitative estimate of drug-likeness (QED) is 0.328. The third kappa shape index (κ3) is 4.25. The Balaban J connectivity index is 2.31. The van der Waals surface area contributed by atoms with Crippen molar-refractivity contribution in [2.24, 2.45) is 5.92 Å². The molecule has 0 radical (unpaired) electrons. The summed E-state index contributed by atoms with van der Waals surface area (Å²) in [5, 5.41) is 0. The molecule has 11 heteroatoms. The van der Waals surface area contributed by atoms with E-state index in [-0.39, 0.29) is 10.5 Å². The lowest BCUT2D eigenvalue weighted by Gasteiger charge is -2.42. The van der Waals surface area contributed by atoms with Crippen LogP contribution >= 0.6 is 10.3 Å². The minimum atomic E-state index is -6.51. The number of alkyl halides is 6. The Bertz CT molecular complexity index is 984. The Hall–Kier alpha value is -1.20. The predicted molar refractivity (Wildman–Crippen MR) is 108 cm³/mol. The van der Waals surface area contributed by atoms with E-state index in [1.807, 2.05) is 0 Å². The van der Waals surface area contributed by atoms with Crippen molar-refractivity contribution in [1.29, 1.82) is 0 Å². The van der Waals surface area contributed by atoms with Crippen molar-refractivity contribution in [3.63, 3.8) is 0 Å². The third-order valence-corrected chi connectivity index (χ3v) is 10.5. The van der Waals surface area contributed by atoms with E-state index in [4.69, 9.17) is 0 Å². The first-order valence-corrected chi connectivity index (χ1v) is 12.8. The Labute approximate surface area is 179 Å². The van der Waals surface area contributed by atoms with Crippen LogP contribution in [0.4, 0.5) is 26.3 Å². The number of allylic oxidation sites excluding steroid dienone is 1. The van der Waals surface area contributed by atoms with Crippen LogP contribution in [0.1, 0.15) is 64.0 Å². The number of halogens is 6. The van der Waals surface area contributed by atoms with Gasteiger partial charge in [0.1, 0.15) is 0 Å². The highest BCUT2D eigenvalue weighted by atomic mass is 32.3. The van der Waals surface area contributed by atoms with Crippen molar-refractivity contribution in [2.45, 2.75) is 74.2 Å². The molecule has 3 nitrogen and oxygen atoms in total. The standard InChI is InChI=1S/C20H24F6O3S2/c1-18(2,3)15-10-9-14-11-16(13-7-5-4-6-8-13)30(17(14)12-15,19(21,22)23)29-31(27,28)20(24,25)26/h9-13H,4-8H2,1-3H3. The zero-order chi connectivity index (χ0) is 23.5. The topological polar surface area (TPSA) is 43.4 Å². The molecule has 1 heterocycles. The molecular weight excluding hydrogens is 466 g/mol. The van der Waals surface area contributed by atoms with Crippen molar-refractivity contribution in [3.05, 3.63) is 34.2 Å². The van der Waals surface area contributed by atoms with Crippen LogP contribution in [0.2, 0.25) is 0 Å². The summed E-state index contributed by atoms with van der Waals surface area (Å²) in [6, 6.07) is 4.18. The van der Waals surface area contributed by atoms with Crippen LogP contribution in [0.15, 0.2) is 28.0 Å². The molecule has 0 amide bonds. The molecule has 0 bridgehead atoms. The van der Waals surface area contributed by atoms with E-state index >= 15 is 0 Å². The van der Waals surface area contributed by atoms with Crippen LogP contribution in [-0.2, 0) is 19.2 Å². The Morgan fingerprint density at radius 3 is 2.03 bits per heavy atom. The monoisotopic (exact) mass is 490 g/mol. The highest BCUT2D eigenvalue weighted by Gasteiger charge is 2.65. The van der Waals surface area contributed by atoms with Gasteiger partial charge in [-0.05, 0) is 47.4 Å². The second kappa shape index (κ2) is 7.69. The van der Waals surface area contributed by atoms with Gasteiger partial charge in [-0.25, -0.2) is 0 Å². The summed E-state index contributed by atoms with van der Waals surface area (Å²) in [6.07, 6.45) is 3.92. The maximum absolute atomic E-state index is 14.7. The van der Waals surface area contributed by atoms with Gasteiger partial charge < -0.3 is 0 Å². The van der Waals surface area contributed by atoms with E-state index in [2.05, 4.69) is 3.63 Å². The minimum Gasteiger partial charge on any atom is -0.196 e. The van der Waals surface area contributed by atoms with Gasteiger partial charge in [0.15, 0.2) is 0 Å². The molecule has 0 saturated heterocycles. The van der Waals surface area contributed by atoms with E-state index in [0.29, 0.717) is 31.2 Å². The summed E-state index contributed by atoms with van der Waals surface area (Å²) in [4.78, 5) is -0.908. The molecule has 1 aromatic carbocycles. The normalized spacial score (nSPS) is 25.6. The van der Waals surface area contributed by atoms with E-state index in [1.54, 1.807) is 26.8 Å². The summed E-state index contributed by atoms with van der Waals surface area (Å²) < 4.78 is 112. The molecule has 3 rings (SSSR count). The van der Waals surface area contributed by atoms with Gasteiger partial charge in [0, 0.05) is 20.1 Å². The summed E-state index contributed by atoms with van der Waals surface area (Å²) in [6.45, 7) is 5.24. The van der Waals surface area contributed by atoms with Gasteiger partial charge in [-0.3, -0.25) is 0 Å². The van der Waals surface area contributed by atoms with Crippen LogP contribution in [0.25, 0.3) is 6.08 Å². The molecule has 1 atom stereocenters. The van der Waals surface area contributed by atoms with E-state index in [0.717, 1.165) is 12.5 Å². The number of rotatable bonds is 3. The molecule has 176 valence electrons. The van der Waals surface area contributed by atoms with Crippen LogP contribution in [-0.4, -0.2) is 19.4 Å². The fourth-order valence-corrected chi connectivity index (χ4v) is 8.84. The molecule has 1 unspecified atom stereocenters. The molecule has 1 saturated carbocycles. The van der Waals surface area contributed by atoms with E-state index in [9.17, 15) is 34.8 Å². The third-order valence-electron chi connectivity index (χ3n) is 5.63. The fourth-order valence-electron chi connectivity index (χ4n) is 4.02. The first-order chi connectivity index (χ1) is 14.0. The number of benzene rings is 1. The SMILES string of the molecule is CC(C)(C)c1ccc2c(c1)S(OS(=O)(=O)C(F)(F)F)(C(F)(F)F)C(C1CCCCC1)=C2. The minimum absolute atomic E-state index is 0.0540. The van der Waals surface area contributed by atoms with Crippen LogP contribution in [0, 0.1) is 5.92 Å². The van der Waals surface area contributed by atoms with Gasteiger partial charge in [0.25, 0.3) is 0 Å². The average Bonchev–Trinajstić information content (AvgIpc) is 2.95. The zero-order valence-electron chi connectivity index (χ0n) is 17.2. The molecule has 0 spiro atoms. The lowest BCUT2D eigenvalue weighted by Crippen LogP contribution is -2.34. The Kier molecular flexibility index (Phi) is 6.06. The smallest absolute Gasteiger partial charge is 0.196 e. The van der Waals surface area contributed by atoms with Crippen molar-refractivity contribution >= 4 is 26.5 Å². The molecule has 1 aliphatic carbocycles. The van der Waals surface area contributed by atoms with Gasteiger partial charge in [0.05, 0.1) is 0 Å². The van der Waals surface area contributed by atoms with Gasteiger partial charge in [0.2, 0.25) is 0 Å². The molecule has 1 aromatic rings. The summed E-state index contributed by atoms with van der Waals surface area (Å²) in [5.74, 6) is -0.695. The Morgan fingerprint density at radius 1 is 0.968 bits per heavy atom. The molecule has 1 fully saturated rings. The van der Waals surface area contributed by atoms with Gasteiger partial charge >= 0.3 is 21.1 Å². The lowest BCUT2D eigenvalue weighted by molar-refractivity contribution is -0.0547. The second-order valence-corrected chi connectivity index (χ2v) is 13.3. The summed E-state index contributed by atoms with van der Waals surface area (Å²) in [7, 11) is -11.5. The van der Waals surface area contributed by atoms with Crippen LogP contribution in [0.5, 0.6) is 0 Å². The number of hydrogen-bond donors (Lipinski definition) is 0. The lowest BCUT2D eigenvalue weighted by atomic mass is 9.86. The van der Waals surface area contributed by atoms with Gasteiger partial charge in [-0.15, -0.1) is 0 Å². The molecule has 1 aliphatic heterocycles. The highest BCUT2D eigenvalue weighted by Crippen LogP contribution is 2.80. The van der Waals surface area contributed by atoms with Gasteiger partial charge in [-0.1, -0.05) is 52.2 Å². The maximum atomic E-state index is 14.7. The zero-order valence-corrected chi connectivity index (χ0v) is 18.9. The largest absolute Gasteiger partial charge is 0.523 e. The van der Waals surface area contributed by atoms with E-state index in [1.165, 1.54) is 12.1 Å². The fraction of sp³-hybridized carbons (Fsp3) is 0.600. The molecule has 0 aromatic heterocycles. The van der Waals surface area contributed by atoms with Crippen molar-refractivity contribution < 1.29 is 38.4 Å². The van der Waals surface area contributed by atoms with E-state index < -0.39 is 47.7 Å². The second-order valence-electron chi connectivity index (χ2n) is 8.85. The molecule has 2 aliphatic rings. The van der Waals surface area contributed by atoms with Crippen LogP contribution in [0.3, 0.4) is 0 Å². The average molecular weight is 491 g/mol.